The molecule has 4 N–H and O–H groups in total. The number of aliphatic hydroxyl groups is 4. The highest BCUT2D eigenvalue weighted by Gasteiger charge is 2.15. The van der Waals surface area contributed by atoms with Gasteiger partial charge in [0.15, 0.2) is 0 Å². The summed E-state index contributed by atoms with van der Waals surface area (Å²) in [6.07, 6.45) is -1.07. The van der Waals surface area contributed by atoms with Crippen molar-refractivity contribution in [3.63, 3.8) is 0 Å². The maximum absolute atomic E-state index is 10.2. The lowest BCUT2D eigenvalue weighted by molar-refractivity contribution is 0.0413. The van der Waals surface area contributed by atoms with Gasteiger partial charge in [-0.05, 0) is 55.2 Å². The Morgan fingerprint density at radius 1 is 1.00 bits per heavy atom. The summed E-state index contributed by atoms with van der Waals surface area (Å²) in [7, 11) is 0. The summed E-state index contributed by atoms with van der Waals surface area (Å²) < 4.78 is 5.43. The van der Waals surface area contributed by atoms with Crippen LogP contribution in [0.1, 0.15) is 43.1 Å². The Morgan fingerprint density at radius 2 is 1.63 bits per heavy atom. The molecule has 0 aliphatic carbocycles. The number of hydrogen-bond donors (Lipinski definition) is 4. The van der Waals surface area contributed by atoms with Crippen LogP contribution in [0.2, 0.25) is 5.02 Å². The van der Waals surface area contributed by atoms with Gasteiger partial charge in [0.25, 0.3) is 0 Å². The Labute approximate surface area is 165 Å². The van der Waals surface area contributed by atoms with E-state index in [2.05, 4.69) is 0 Å². The standard InChI is InChI=1S/C19H23ClO4.C2H6O/c1-2-24-17-6-3-13(4-7-17)9-15-10-14(5-8-18(15)20)19(23)11-16(22)12-21;1-2-3/h3-8,10,16,19,21-23H,2,9,11-12H2,1H3;3H,2H2,1H3. The summed E-state index contributed by atoms with van der Waals surface area (Å²) in [5.41, 5.74) is 2.66. The fourth-order valence-corrected chi connectivity index (χ4v) is 2.68. The second kappa shape index (κ2) is 12.7. The van der Waals surface area contributed by atoms with E-state index < -0.39 is 12.2 Å². The van der Waals surface area contributed by atoms with Crippen LogP contribution in [-0.2, 0) is 6.42 Å². The number of hydrogen-bond acceptors (Lipinski definition) is 5. The number of aliphatic hydroxyl groups excluding tert-OH is 4. The average Bonchev–Trinajstić information content (AvgIpc) is 2.65. The van der Waals surface area contributed by atoms with E-state index in [0.29, 0.717) is 23.6 Å². The second-order valence-corrected chi connectivity index (χ2v) is 6.42. The maximum atomic E-state index is 10.2. The quantitative estimate of drug-likeness (QED) is 0.550. The van der Waals surface area contributed by atoms with E-state index in [4.69, 9.17) is 26.6 Å². The van der Waals surface area contributed by atoms with Gasteiger partial charge in [0.2, 0.25) is 0 Å². The summed E-state index contributed by atoms with van der Waals surface area (Å²) >= 11 is 6.27. The number of halogens is 1. The minimum Gasteiger partial charge on any atom is -0.494 e. The first kappa shape index (κ1) is 23.4. The molecule has 6 heteroatoms. The van der Waals surface area contributed by atoms with Crippen LogP contribution in [0.15, 0.2) is 42.5 Å². The van der Waals surface area contributed by atoms with Gasteiger partial charge in [-0.1, -0.05) is 35.9 Å². The smallest absolute Gasteiger partial charge is 0.119 e. The molecule has 0 saturated heterocycles. The highest BCUT2D eigenvalue weighted by Crippen LogP contribution is 2.26. The SMILES string of the molecule is CCO.CCOc1ccc(Cc2cc(C(O)CC(O)CO)ccc2Cl)cc1. The van der Waals surface area contributed by atoms with E-state index >= 15 is 0 Å². The van der Waals surface area contributed by atoms with E-state index in [0.717, 1.165) is 16.9 Å². The van der Waals surface area contributed by atoms with Gasteiger partial charge in [-0.3, -0.25) is 0 Å². The van der Waals surface area contributed by atoms with Crippen LogP contribution < -0.4 is 4.74 Å². The number of rotatable bonds is 8. The molecule has 2 unspecified atom stereocenters. The summed E-state index contributed by atoms with van der Waals surface area (Å²) in [5.74, 6) is 0.828. The van der Waals surface area contributed by atoms with Crippen LogP contribution in [0.5, 0.6) is 5.75 Å². The summed E-state index contributed by atoms with van der Waals surface area (Å²) in [4.78, 5) is 0. The lowest BCUT2D eigenvalue weighted by Crippen LogP contribution is -2.16. The summed E-state index contributed by atoms with van der Waals surface area (Å²) in [6.45, 7) is 4.13. The second-order valence-electron chi connectivity index (χ2n) is 6.01. The number of benzene rings is 2. The van der Waals surface area contributed by atoms with Gasteiger partial charge in [-0.15, -0.1) is 0 Å². The van der Waals surface area contributed by atoms with Gasteiger partial charge in [0.1, 0.15) is 5.75 Å². The topological polar surface area (TPSA) is 90.2 Å². The van der Waals surface area contributed by atoms with Crippen molar-refractivity contribution in [3.8, 4) is 5.75 Å². The van der Waals surface area contributed by atoms with Crippen LogP contribution in [-0.4, -0.2) is 46.4 Å². The van der Waals surface area contributed by atoms with Gasteiger partial charge >= 0.3 is 0 Å². The fraction of sp³-hybridized carbons (Fsp3) is 0.429. The average molecular weight is 397 g/mol. The van der Waals surface area contributed by atoms with Crippen molar-refractivity contribution in [2.75, 3.05) is 19.8 Å². The Balaban J connectivity index is 0.00000114. The Morgan fingerprint density at radius 3 is 2.19 bits per heavy atom. The molecule has 0 spiro atoms. The zero-order valence-corrected chi connectivity index (χ0v) is 16.6. The molecule has 5 nitrogen and oxygen atoms in total. The molecule has 0 aliphatic heterocycles. The predicted molar refractivity (Wildman–Crippen MR) is 107 cm³/mol. The molecule has 27 heavy (non-hydrogen) atoms. The predicted octanol–water partition coefficient (Wildman–Crippen LogP) is 3.10. The van der Waals surface area contributed by atoms with Crippen molar-refractivity contribution in [1.82, 2.24) is 0 Å². The zero-order chi connectivity index (χ0) is 20.2. The Bertz CT molecular complexity index is 660. The van der Waals surface area contributed by atoms with Crippen molar-refractivity contribution in [3.05, 3.63) is 64.2 Å². The minimum absolute atomic E-state index is 0.0840. The van der Waals surface area contributed by atoms with Crippen LogP contribution in [0.4, 0.5) is 0 Å². The summed E-state index contributed by atoms with van der Waals surface area (Å²) in [6, 6.07) is 13.1. The van der Waals surface area contributed by atoms with E-state index in [-0.39, 0.29) is 19.6 Å². The maximum Gasteiger partial charge on any atom is 0.119 e. The molecule has 0 aromatic heterocycles. The molecule has 0 amide bonds. The van der Waals surface area contributed by atoms with Crippen molar-refractivity contribution >= 4 is 11.6 Å². The molecule has 2 rings (SSSR count). The monoisotopic (exact) mass is 396 g/mol. The first-order valence-electron chi connectivity index (χ1n) is 9.02. The van der Waals surface area contributed by atoms with Crippen LogP contribution in [0.25, 0.3) is 0 Å². The van der Waals surface area contributed by atoms with Crippen LogP contribution in [0, 0.1) is 0 Å². The fourth-order valence-electron chi connectivity index (χ4n) is 2.50. The normalized spacial score (nSPS) is 12.7. The van der Waals surface area contributed by atoms with Crippen LogP contribution >= 0.6 is 11.6 Å². The highest BCUT2D eigenvalue weighted by atomic mass is 35.5. The van der Waals surface area contributed by atoms with E-state index in [1.54, 1.807) is 19.1 Å². The molecule has 0 bridgehead atoms. The van der Waals surface area contributed by atoms with Crippen molar-refractivity contribution in [1.29, 1.82) is 0 Å². The first-order valence-corrected chi connectivity index (χ1v) is 9.40. The van der Waals surface area contributed by atoms with Gasteiger partial charge in [-0.25, -0.2) is 0 Å². The van der Waals surface area contributed by atoms with Gasteiger partial charge < -0.3 is 25.2 Å². The molecular formula is C21H29ClO5. The minimum atomic E-state index is -0.940. The van der Waals surface area contributed by atoms with E-state index in [1.165, 1.54) is 0 Å². The third kappa shape index (κ3) is 8.28. The third-order valence-electron chi connectivity index (χ3n) is 3.79. The van der Waals surface area contributed by atoms with Crippen molar-refractivity contribution < 1.29 is 25.2 Å². The molecule has 0 radical (unpaired) electrons. The molecule has 0 aliphatic rings. The lowest BCUT2D eigenvalue weighted by Gasteiger charge is -2.16. The summed E-state index contributed by atoms with van der Waals surface area (Å²) in [5, 5.41) is 36.7. The largest absolute Gasteiger partial charge is 0.494 e. The third-order valence-corrected chi connectivity index (χ3v) is 4.16. The highest BCUT2D eigenvalue weighted by molar-refractivity contribution is 6.31. The Kier molecular flexibility index (Phi) is 11.0. The molecule has 0 heterocycles. The van der Waals surface area contributed by atoms with Crippen molar-refractivity contribution in [2.45, 2.75) is 38.9 Å². The molecule has 2 aromatic rings. The van der Waals surface area contributed by atoms with Gasteiger partial charge in [0, 0.05) is 18.1 Å². The van der Waals surface area contributed by atoms with Gasteiger partial charge in [0.05, 0.1) is 25.4 Å². The molecule has 2 aromatic carbocycles. The first-order chi connectivity index (χ1) is 12.9. The molecule has 2 atom stereocenters. The molecular weight excluding hydrogens is 368 g/mol. The molecule has 0 fully saturated rings. The van der Waals surface area contributed by atoms with Crippen molar-refractivity contribution in [2.24, 2.45) is 0 Å². The lowest BCUT2D eigenvalue weighted by atomic mass is 9.98. The number of ether oxygens (including phenoxy) is 1. The zero-order valence-electron chi connectivity index (χ0n) is 15.8. The van der Waals surface area contributed by atoms with Crippen LogP contribution in [0.3, 0.4) is 0 Å². The van der Waals surface area contributed by atoms with E-state index in [1.807, 2.05) is 37.3 Å². The molecule has 150 valence electrons. The van der Waals surface area contributed by atoms with Gasteiger partial charge in [-0.2, -0.15) is 0 Å². The van der Waals surface area contributed by atoms with E-state index in [9.17, 15) is 10.2 Å². The molecule has 0 saturated carbocycles. The Hall–Kier alpha value is -1.63.